The Hall–Kier alpha value is -0.830. The molecular formula is C9H10O2S. The molecule has 1 aromatic rings. The van der Waals surface area contributed by atoms with E-state index >= 15 is 0 Å². The van der Waals surface area contributed by atoms with E-state index in [4.69, 9.17) is 5.11 Å². The van der Waals surface area contributed by atoms with E-state index in [9.17, 15) is 4.79 Å². The minimum absolute atomic E-state index is 0.528. The number of hydrogen-bond acceptors (Lipinski definition) is 2. The molecule has 0 saturated heterocycles. The largest absolute Gasteiger partial charge is 0.481 e. The molecule has 0 atom stereocenters. The van der Waals surface area contributed by atoms with Crippen LogP contribution in [-0.2, 0) is 10.2 Å². The number of hydrogen-bond donors (Lipinski definition) is 1. The van der Waals surface area contributed by atoms with Gasteiger partial charge in [0.15, 0.2) is 0 Å². The molecule has 2 rings (SSSR count). The summed E-state index contributed by atoms with van der Waals surface area (Å²) in [5, 5.41) is 13.0. The third kappa shape index (κ3) is 0.894. The number of aliphatic carboxylic acids is 1. The minimum atomic E-state index is -0.660. The Bertz CT molecular complexity index is 285. The Balaban J connectivity index is 2.35. The highest BCUT2D eigenvalue weighted by Crippen LogP contribution is 2.44. The topological polar surface area (TPSA) is 37.3 Å². The molecule has 2 nitrogen and oxygen atoms in total. The van der Waals surface area contributed by atoms with Gasteiger partial charge in [-0.05, 0) is 35.2 Å². The van der Waals surface area contributed by atoms with Crippen molar-refractivity contribution in [2.45, 2.75) is 24.7 Å². The van der Waals surface area contributed by atoms with Crippen molar-refractivity contribution in [1.82, 2.24) is 0 Å². The molecule has 0 aliphatic heterocycles. The van der Waals surface area contributed by atoms with Crippen LogP contribution in [0.1, 0.15) is 24.8 Å². The van der Waals surface area contributed by atoms with Gasteiger partial charge in [0.1, 0.15) is 0 Å². The molecule has 0 bridgehead atoms. The predicted molar refractivity (Wildman–Crippen MR) is 47.5 cm³/mol. The number of rotatable bonds is 2. The molecule has 12 heavy (non-hydrogen) atoms. The lowest BCUT2D eigenvalue weighted by atomic mass is 9.65. The maximum Gasteiger partial charge on any atom is 0.314 e. The van der Waals surface area contributed by atoms with Gasteiger partial charge in [0.05, 0.1) is 5.41 Å². The van der Waals surface area contributed by atoms with E-state index in [0.717, 1.165) is 24.8 Å². The summed E-state index contributed by atoms with van der Waals surface area (Å²) < 4.78 is 0. The molecule has 0 spiro atoms. The summed E-state index contributed by atoms with van der Waals surface area (Å²) in [6, 6.07) is 1.93. The molecule has 1 heterocycles. The summed E-state index contributed by atoms with van der Waals surface area (Å²) in [5.41, 5.74) is 0.464. The second-order valence-corrected chi connectivity index (χ2v) is 4.03. The summed E-state index contributed by atoms with van der Waals surface area (Å²) in [5.74, 6) is -0.660. The molecule has 64 valence electrons. The van der Waals surface area contributed by atoms with Crippen LogP contribution < -0.4 is 0 Å². The second-order valence-electron chi connectivity index (χ2n) is 3.25. The number of carbonyl (C=O) groups is 1. The van der Waals surface area contributed by atoms with E-state index in [1.54, 1.807) is 11.3 Å². The fourth-order valence-corrected chi connectivity index (χ4v) is 2.45. The van der Waals surface area contributed by atoms with Crippen LogP contribution in [-0.4, -0.2) is 11.1 Å². The van der Waals surface area contributed by atoms with Gasteiger partial charge in [-0.2, -0.15) is 11.3 Å². The Morgan fingerprint density at radius 2 is 2.33 bits per heavy atom. The molecule has 1 fully saturated rings. The van der Waals surface area contributed by atoms with Gasteiger partial charge >= 0.3 is 5.97 Å². The van der Waals surface area contributed by atoms with Crippen LogP contribution in [0.3, 0.4) is 0 Å². The fraction of sp³-hybridized carbons (Fsp3) is 0.444. The Morgan fingerprint density at radius 1 is 1.58 bits per heavy atom. The van der Waals surface area contributed by atoms with Crippen molar-refractivity contribution in [2.24, 2.45) is 0 Å². The van der Waals surface area contributed by atoms with E-state index in [1.165, 1.54) is 0 Å². The van der Waals surface area contributed by atoms with Gasteiger partial charge in [0, 0.05) is 0 Å². The Morgan fingerprint density at radius 3 is 2.67 bits per heavy atom. The monoisotopic (exact) mass is 182 g/mol. The van der Waals surface area contributed by atoms with Crippen molar-refractivity contribution >= 4 is 17.3 Å². The van der Waals surface area contributed by atoms with Gasteiger partial charge in [0.2, 0.25) is 0 Å². The van der Waals surface area contributed by atoms with Crippen molar-refractivity contribution in [3.63, 3.8) is 0 Å². The summed E-state index contributed by atoms with van der Waals surface area (Å²) in [7, 11) is 0. The van der Waals surface area contributed by atoms with E-state index in [1.807, 2.05) is 16.8 Å². The van der Waals surface area contributed by atoms with Gasteiger partial charge in [-0.1, -0.05) is 6.42 Å². The van der Waals surface area contributed by atoms with Crippen LogP contribution in [0.25, 0.3) is 0 Å². The van der Waals surface area contributed by atoms with Gasteiger partial charge in [-0.25, -0.2) is 0 Å². The highest BCUT2D eigenvalue weighted by Gasteiger charge is 2.45. The number of thiophene rings is 1. The number of carboxylic acids is 1. The first-order chi connectivity index (χ1) is 5.76. The zero-order chi connectivity index (χ0) is 8.60. The minimum Gasteiger partial charge on any atom is -0.481 e. The second kappa shape index (κ2) is 2.59. The van der Waals surface area contributed by atoms with Gasteiger partial charge in [-0.15, -0.1) is 0 Å². The Kier molecular flexibility index (Phi) is 1.68. The molecule has 0 unspecified atom stereocenters. The van der Waals surface area contributed by atoms with Gasteiger partial charge < -0.3 is 5.11 Å². The third-order valence-electron chi connectivity index (χ3n) is 2.69. The zero-order valence-electron chi connectivity index (χ0n) is 6.62. The van der Waals surface area contributed by atoms with E-state index in [0.29, 0.717) is 0 Å². The lowest BCUT2D eigenvalue weighted by molar-refractivity contribution is -0.147. The first-order valence-corrected chi connectivity index (χ1v) is 4.96. The maximum absolute atomic E-state index is 11.0. The lowest BCUT2D eigenvalue weighted by Crippen LogP contribution is -2.41. The summed E-state index contributed by atoms with van der Waals surface area (Å²) in [4.78, 5) is 11.0. The van der Waals surface area contributed by atoms with E-state index < -0.39 is 11.4 Å². The standard InChI is InChI=1S/C9H10O2S/c10-8(11)9(3-1-4-9)7-2-5-12-6-7/h2,5-6H,1,3-4H2,(H,10,11). The van der Waals surface area contributed by atoms with Crippen LogP contribution in [0.4, 0.5) is 0 Å². The van der Waals surface area contributed by atoms with E-state index in [2.05, 4.69) is 0 Å². The fourth-order valence-electron chi connectivity index (χ4n) is 1.69. The van der Waals surface area contributed by atoms with Gasteiger partial charge in [0.25, 0.3) is 0 Å². The van der Waals surface area contributed by atoms with Crippen LogP contribution in [0.5, 0.6) is 0 Å². The number of carboxylic acid groups (broad SMARTS) is 1. The van der Waals surface area contributed by atoms with E-state index in [-0.39, 0.29) is 0 Å². The summed E-state index contributed by atoms with van der Waals surface area (Å²) in [6.07, 6.45) is 2.65. The zero-order valence-corrected chi connectivity index (χ0v) is 7.43. The third-order valence-corrected chi connectivity index (χ3v) is 3.37. The van der Waals surface area contributed by atoms with Crippen LogP contribution in [0.15, 0.2) is 16.8 Å². The van der Waals surface area contributed by atoms with Crippen LogP contribution in [0, 0.1) is 0 Å². The normalized spacial score (nSPS) is 20.0. The average molecular weight is 182 g/mol. The maximum atomic E-state index is 11.0. The van der Waals surface area contributed by atoms with Crippen LogP contribution in [0.2, 0.25) is 0 Å². The highest BCUT2D eigenvalue weighted by atomic mass is 32.1. The molecule has 0 amide bonds. The first kappa shape index (κ1) is 7.80. The van der Waals surface area contributed by atoms with Crippen molar-refractivity contribution in [3.05, 3.63) is 22.4 Å². The summed E-state index contributed by atoms with van der Waals surface area (Å²) in [6.45, 7) is 0. The summed E-state index contributed by atoms with van der Waals surface area (Å²) >= 11 is 1.57. The lowest BCUT2D eigenvalue weighted by Gasteiger charge is -2.37. The quantitative estimate of drug-likeness (QED) is 0.761. The van der Waals surface area contributed by atoms with Gasteiger partial charge in [-0.3, -0.25) is 4.79 Å². The molecule has 1 saturated carbocycles. The SMILES string of the molecule is O=C(O)C1(c2ccsc2)CCC1. The van der Waals surface area contributed by atoms with Crippen LogP contribution >= 0.6 is 11.3 Å². The smallest absolute Gasteiger partial charge is 0.314 e. The van der Waals surface area contributed by atoms with Crippen molar-refractivity contribution in [1.29, 1.82) is 0 Å². The molecule has 1 aliphatic rings. The van der Waals surface area contributed by atoms with Crippen molar-refractivity contribution in [3.8, 4) is 0 Å². The predicted octanol–water partition coefficient (Wildman–Crippen LogP) is 2.25. The molecule has 1 aliphatic carbocycles. The molecule has 3 heteroatoms. The van der Waals surface area contributed by atoms with Crippen molar-refractivity contribution in [2.75, 3.05) is 0 Å². The molecule has 0 aromatic carbocycles. The highest BCUT2D eigenvalue weighted by molar-refractivity contribution is 7.08. The van der Waals surface area contributed by atoms with Crippen molar-refractivity contribution < 1.29 is 9.90 Å². The molecule has 1 aromatic heterocycles. The molecular weight excluding hydrogens is 172 g/mol. The Labute approximate surface area is 74.8 Å². The first-order valence-electron chi connectivity index (χ1n) is 4.02. The average Bonchev–Trinajstić information content (AvgIpc) is 2.35. The molecule has 1 N–H and O–H groups in total. The molecule has 0 radical (unpaired) electrons.